The number of carboxylic acids is 1. The minimum atomic E-state index is -1.05. The molecule has 0 saturated carbocycles. The minimum absolute atomic E-state index is 0.114. The maximum atomic E-state index is 12.3. The fourth-order valence-electron chi connectivity index (χ4n) is 2.06. The SMILES string of the molecule is Cc1noc(CCC(=O)N(CC(=O)O)Cc2cccc(Br)c2)n1. The van der Waals surface area contributed by atoms with Crippen LogP contribution in [0.2, 0.25) is 0 Å². The van der Waals surface area contributed by atoms with Gasteiger partial charge in [0.15, 0.2) is 5.82 Å². The summed E-state index contributed by atoms with van der Waals surface area (Å²) in [6, 6.07) is 7.40. The third-order valence-electron chi connectivity index (χ3n) is 3.06. The first kappa shape index (κ1) is 17.1. The van der Waals surface area contributed by atoms with E-state index in [0.29, 0.717) is 11.7 Å². The number of aromatic nitrogens is 2. The monoisotopic (exact) mass is 381 g/mol. The van der Waals surface area contributed by atoms with Crippen LogP contribution in [0.15, 0.2) is 33.3 Å². The van der Waals surface area contributed by atoms with Crippen LogP contribution < -0.4 is 0 Å². The number of carbonyl (C=O) groups is 2. The second-order valence-electron chi connectivity index (χ2n) is 5.01. The average Bonchev–Trinajstić information content (AvgIpc) is 2.89. The van der Waals surface area contributed by atoms with Crippen molar-refractivity contribution in [3.8, 4) is 0 Å². The largest absolute Gasteiger partial charge is 0.480 e. The first-order valence-electron chi connectivity index (χ1n) is 6.97. The van der Waals surface area contributed by atoms with E-state index in [9.17, 15) is 9.59 Å². The lowest BCUT2D eigenvalue weighted by Gasteiger charge is -2.20. The Bertz CT molecular complexity index is 702. The van der Waals surface area contributed by atoms with Crippen molar-refractivity contribution in [1.82, 2.24) is 15.0 Å². The third kappa shape index (κ3) is 5.48. The molecule has 1 N–H and O–H groups in total. The highest BCUT2D eigenvalue weighted by atomic mass is 79.9. The molecule has 0 unspecified atom stereocenters. The molecule has 23 heavy (non-hydrogen) atoms. The van der Waals surface area contributed by atoms with Crippen molar-refractivity contribution in [2.45, 2.75) is 26.3 Å². The second kappa shape index (κ2) is 7.87. The van der Waals surface area contributed by atoms with Crippen LogP contribution in [0, 0.1) is 6.92 Å². The summed E-state index contributed by atoms with van der Waals surface area (Å²) in [7, 11) is 0. The molecule has 0 spiro atoms. The van der Waals surface area contributed by atoms with E-state index in [1.807, 2.05) is 24.3 Å². The molecule has 0 radical (unpaired) electrons. The lowest BCUT2D eigenvalue weighted by Crippen LogP contribution is -2.35. The van der Waals surface area contributed by atoms with E-state index < -0.39 is 5.97 Å². The Labute approximate surface area is 141 Å². The molecule has 2 aromatic rings. The van der Waals surface area contributed by atoms with Crippen molar-refractivity contribution < 1.29 is 19.2 Å². The zero-order valence-corrected chi connectivity index (χ0v) is 14.1. The number of carbonyl (C=O) groups excluding carboxylic acids is 1. The Kier molecular flexibility index (Phi) is 5.86. The topological polar surface area (TPSA) is 96.5 Å². The molecule has 1 aromatic heterocycles. The van der Waals surface area contributed by atoms with Crippen LogP contribution >= 0.6 is 15.9 Å². The summed E-state index contributed by atoms with van der Waals surface area (Å²) in [6.07, 6.45) is 0.400. The zero-order valence-electron chi connectivity index (χ0n) is 12.5. The summed E-state index contributed by atoms with van der Waals surface area (Å²) in [4.78, 5) is 28.6. The number of hydrogen-bond donors (Lipinski definition) is 1. The van der Waals surface area contributed by atoms with E-state index in [4.69, 9.17) is 9.63 Å². The van der Waals surface area contributed by atoms with Gasteiger partial charge in [-0.25, -0.2) is 0 Å². The van der Waals surface area contributed by atoms with Crippen LogP contribution in [0.5, 0.6) is 0 Å². The molecular formula is C15H16BrN3O4. The number of rotatable bonds is 7. The smallest absolute Gasteiger partial charge is 0.323 e. The van der Waals surface area contributed by atoms with Crippen LogP contribution in [0.3, 0.4) is 0 Å². The fourth-order valence-corrected chi connectivity index (χ4v) is 2.51. The molecule has 7 nitrogen and oxygen atoms in total. The number of carboxylic acid groups (broad SMARTS) is 1. The number of hydrogen-bond acceptors (Lipinski definition) is 5. The highest BCUT2D eigenvalue weighted by Gasteiger charge is 2.18. The molecule has 2 rings (SSSR count). The molecular weight excluding hydrogens is 366 g/mol. The zero-order chi connectivity index (χ0) is 16.8. The van der Waals surface area contributed by atoms with Gasteiger partial charge < -0.3 is 14.5 Å². The van der Waals surface area contributed by atoms with Crippen molar-refractivity contribution >= 4 is 27.8 Å². The summed E-state index contributed by atoms with van der Waals surface area (Å²) in [6.45, 7) is 1.57. The summed E-state index contributed by atoms with van der Waals surface area (Å²) in [5.74, 6) is -0.456. The molecule has 0 fully saturated rings. The number of halogens is 1. The quantitative estimate of drug-likeness (QED) is 0.789. The molecule has 8 heteroatoms. The molecule has 122 valence electrons. The molecule has 1 aromatic carbocycles. The van der Waals surface area contributed by atoms with Gasteiger partial charge in [-0.1, -0.05) is 33.2 Å². The van der Waals surface area contributed by atoms with Gasteiger partial charge in [-0.05, 0) is 24.6 Å². The summed E-state index contributed by atoms with van der Waals surface area (Å²) < 4.78 is 5.83. The Morgan fingerprint density at radius 1 is 1.39 bits per heavy atom. The van der Waals surface area contributed by atoms with Crippen molar-refractivity contribution in [2.75, 3.05) is 6.54 Å². The van der Waals surface area contributed by atoms with Gasteiger partial charge in [0.2, 0.25) is 11.8 Å². The highest BCUT2D eigenvalue weighted by molar-refractivity contribution is 9.10. The third-order valence-corrected chi connectivity index (χ3v) is 3.56. The number of aryl methyl sites for hydroxylation is 2. The van der Waals surface area contributed by atoms with Gasteiger partial charge in [0.05, 0.1) is 0 Å². The predicted octanol–water partition coefficient (Wildman–Crippen LogP) is 2.19. The van der Waals surface area contributed by atoms with Crippen LogP contribution in [-0.4, -0.2) is 38.6 Å². The van der Waals surface area contributed by atoms with E-state index in [2.05, 4.69) is 26.1 Å². The van der Waals surface area contributed by atoms with Crippen molar-refractivity contribution in [3.05, 3.63) is 46.0 Å². The molecule has 0 aliphatic heterocycles. The van der Waals surface area contributed by atoms with E-state index in [1.165, 1.54) is 4.90 Å². The van der Waals surface area contributed by atoms with Crippen LogP contribution in [0.4, 0.5) is 0 Å². The molecule has 0 aliphatic carbocycles. The number of benzene rings is 1. The van der Waals surface area contributed by atoms with Gasteiger partial charge >= 0.3 is 5.97 Å². The van der Waals surface area contributed by atoms with Gasteiger partial charge in [0, 0.05) is 23.9 Å². The Morgan fingerprint density at radius 3 is 2.78 bits per heavy atom. The first-order valence-corrected chi connectivity index (χ1v) is 7.76. The fraction of sp³-hybridized carbons (Fsp3) is 0.333. The standard InChI is InChI=1S/C15H16BrN3O4/c1-10-17-13(23-18-10)5-6-14(20)19(9-15(21)22)8-11-3-2-4-12(16)7-11/h2-4,7H,5-6,8-9H2,1H3,(H,21,22). The van der Waals surface area contributed by atoms with Crippen LogP contribution in [0.1, 0.15) is 23.7 Å². The van der Waals surface area contributed by atoms with Crippen molar-refractivity contribution in [1.29, 1.82) is 0 Å². The lowest BCUT2D eigenvalue weighted by molar-refractivity contribution is -0.144. The number of aliphatic carboxylic acids is 1. The van der Waals surface area contributed by atoms with Crippen LogP contribution in [-0.2, 0) is 22.6 Å². The molecule has 0 aliphatic rings. The average molecular weight is 382 g/mol. The molecule has 0 saturated heterocycles. The van der Waals surface area contributed by atoms with Gasteiger partial charge in [-0.3, -0.25) is 9.59 Å². The van der Waals surface area contributed by atoms with Crippen molar-refractivity contribution in [2.24, 2.45) is 0 Å². The lowest BCUT2D eigenvalue weighted by atomic mass is 10.2. The van der Waals surface area contributed by atoms with E-state index in [1.54, 1.807) is 6.92 Å². The predicted molar refractivity (Wildman–Crippen MR) is 84.6 cm³/mol. The summed E-state index contributed by atoms with van der Waals surface area (Å²) in [5.41, 5.74) is 0.850. The van der Waals surface area contributed by atoms with E-state index in [-0.39, 0.29) is 31.8 Å². The van der Waals surface area contributed by atoms with Gasteiger partial charge in [-0.2, -0.15) is 4.98 Å². The van der Waals surface area contributed by atoms with Gasteiger partial charge in [0.1, 0.15) is 6.54 Å². The Morgan fingerprint density at radius 2 is 2.17 bits per heavy atom. The van der Waals surface area contributed by atoms with Crippen molar-refractivity contribution in [3.63, 3.8) is 0 Å². The molecule has 1 heterocycles. The highest BCUT2D eigenvalue weighted by Crippen LogP contribution is 2.14. The van der Waals surface area contributed by atoms with E-state index in [0.717, 1.165) is 10.0 Å². The maximum absolute atomic E-state index is 12.3. The summed E-state index contributed by atoms with van der Waals surface area (Å²) >= 11 is 3.36. The minimum Gasteiger partial charge on any atom is -0.480 e. The Balaban J connectivity index is 2.01. The second-order valence-corrected chi connectivity index (χ2v) is 5.92. The number of nitrogens with zero attached hydrogens (tertiary/aromatic N) is 3. The van der Waals surface area contributed by atoms with Gasteiger partial charge in [-0.15, -0.1) is 0 Å². The van der Waals surface area contributed by atoms with Crippen LogP contribution in [0.25, 0.3) is 0 Å². The molecule has 1 amide bonds. The first-order chi connectivity index (χ1) is 10.9. The summed E-state index contributed by atoms with van der Waals surface area (Å²) in [5, 5.41) is 12.7. The molecule has 0 bridgehead atoms. The van der Waals surface area contributed by atoms with Gasteiger partial charge in [0.25, 0.3) is 0 Å². The van der Waals surface area contributed by atoms with E-state index >= 15 is 0 Å². The maximum Gasteiger partial charge on any atom is 0.323 e. The Hall–Kier alpha value is -2.22. The normalized spacial score (nSPS) is 10.5. The number of amides is 1. The molecule has 0 atom stereocenters.